The first-order valence-electron chi connectivity index (χ1n) is 7.53. The maximum absolute atomic E-state index is 12.5. The van der Waals surface area contributed by atoms with Crippen molar-refractivity contribution < 1.29 is 18.8 Å². The van der Waals surface area contributed by atoms with Crippen molar-refractivity contribution in [1.82, 2.24) is 0 Å². The quantitative estimate of drug-likeness (QED) is 0.631. The zero-order chi connectivity index (χ0) is 17.4. The first kappa shape index (κ1) is 17.1. The Kier molecular flexibility index (Phi) is 4.56. The second kappa shape index (κ2) is 6.12. The molecule has 0 bridgehead atoms. The molecule has 0 radical (unpaired) electrons. The Bertz CT molecular complexity index is 683. The monoisotopic (exact) mass is 331 g/mol. The molecular formula is C17H21NO4Si. The summed E-state index contributed by atoms with van der Waals surface area (Å²) in [5.41, 5.74) is 1.30. The standard InChI is InChI=1S/C17H21NO4Si/c1-17(2,3)11-6-7-13(18-14(19)8-9-15(18)20)12(10-11)16(21)22-23(4)5/h6-10,23H,1-5H3. The highest BCUT2D eigenvalue weighted by Crippen LogP contribution is 2.31. The van der Waals surface area contributed by atoms with Crippen molar-refractivity contribution in [2.45, 2.75) is 39.3 Å². The molecule has 0 N–H and O–H groups in total. The number of imide groups is 1. The third kappa shape index (κ3) is 3.59. The number of benzene rings is 1. The van der Waals surface area contributed by atoms with Gasteiger partial charge in [0.25, 0.3) is 11.8 Å². The van der Waals surface area contributed by atoms with E-state index in [0.29, 0.717) is 0 Å². The highest BCUT2D eigenvalue weighted by atomic mass is 28.3. The lowest BCUT2D eigenvalue weighted by Crippen LogP contribution is -2.32. The predicted octanol–water partition coefficient (Wildman–Crippen LogP) is 2.55. The van der Waals surface area contributed by atoms with E-state index in [4.69, 9.17) is 4.43 Å². The lowest BCUT2D eigenvalue weighted by Gasteiger charge is -2.23. The number of hydrogen-bond acceptors (Lipinski definition) is 4. The van der Waals surface area contributed by atoms with Crippen molar-refractivity contribution in [3.63, 3.8) is 0 Å². The van der Waals surface area contributed by atoms with Gasteiger partial charge >= 0.3 is 5.97 Å². The summed E-state index contributed by atoms with van der Waals surface area (Å²) in [6.07, 6.45) is 2.40. The molecule has 0 fully saturated rings. The number of carbonyl (C=O) groups excluding carboxylic acids is 3. The van der Waals surface area contributed by atoms with E-state index in [1.165, 1.54) is 12.2 Å². The van der Waals surface area contributed by atoms with Gasteiger partial charge in [-0.15, -0.1) is 0 Å². The minimum Gasteiger partial charge on any atom is -0.519 e. The predicted molar refractivity (Wildman–Crippen MR) is 91.1 cm³/mol. The van der Waals surface area contributed by atoms with Crippen LogP contribution in [0.15, 0.2) is 30.4 Å². The van der Waals surface area contributed by atoms with Crippen LogP contribution in [0.4, 0.5) is 5.69 Å². The minimum atomic E-state index is -1.59. The Morgan fingerprint density at radius 1 is 1.09 bits per heavy atom. The molecule has 6 heteroatoms. The van der Waals surface area contributed by atoms with E-state index >= 15 is 0 Å². The summed E-state index contributed by atoms with van der Waals surface area (Å²) in [6.45, 7) is 9.86. The van der Waals surface area contributed by atoms with Crippen LogP contribution in [0.1, 0.15) is 36.7 Å². The van der Waals surface area contributed by atoms with E-state index in [1.807, 2.05) is 39.9 Å². The number of carbonyl (C=O) groups is 3. The van der Waals surface area contributed by atoms with Gasteiger partial charge in [0, 0.05) is 12.2 Å². The van der Waals surface area contributed by atoms with Crippen molar-refractivity contribution >= 4 is 32.5 Å². The van der Waals surface area contributed by atoms with Crippen molar-refractivity contribution in [3.8, 4) is 0 Å². The summed E-state index contributed by atoms with van der Waals surface area (Å²) in [5.74, 6) is -1.39. The van der Waals surface area contributed by atoms with Gasteiger partial charge in [-0.2, -0.15) is 0 Å². The molecule has 2 amide bonds. The van der Waals surface area contributed by atoms with Crippen LogP contribution in [0, 0.1) is 0 Å². The van der Waals surface area contributed by atoms with Gasteiger partial charge in [-0.05, 0) is 36.2 Å². The number of amides is 2. The SMILES string of the molecule is C[SiH](C)OC(=O)c1cc(C(C)(C)C)ccc1N1C(=O)C=CC1=O. The Balaban J connectivity index is 2.55. The van der Waals surface area contributed by atoms with Crippen LogP contribution in [-0.4, -0.2) is 26.8 Å². The molecule has 23 heavy (non-hydrogen) atoms. The lowest BCUT2D eigenvalue weighted by molar-refractivity contribution is -0.119. The Morgan fingerprint density at radius 2 is 1.65 bits per heavy atom. The zero-order valence-corrected chi connectivity index (χ0v) is 15.2. The second-order valence-corrected chi connectivity index (χ2v) is 9.11. The molecule has 2 rings (SSSR count). The van der Waals surface area contributed by atoms with Crippen molar-refractivity contribution in [1.29, 1.82) is 0 Å². The van der Waals surface area contributed by atoms with Crippen LogP contribution in [0.5, 0.6) is 0 Å². The molecule has 0 spiro atoms. The molecule has 0 atom stereocenters. The lowest BCUT2D eigenvalue weighted by atomic mass is 9.86. The van der Waals surface area contributed by atoms with E-state index in [2.05, 4.69) is 0 Å². The number of anilines is 1. The van der Waals surface area contributed by atoms with Gasteiger partial charge < -0.3 is 4.43 Å². The van der Waals surface area contributed by atoms with E-state index in [0.717, 1.165) is 10.5 Å². The molecule has 0 unspecified atom stereocenters. The number of rotatable bonds is 3. The summed E-state index contributed by atoms with van der Waals surface area (Å²) in [4.78, 5) is 37.4. The molecule has 1 aliphatic rings. The van der Waals surface area contributed by atoms with Crippen LogP contribution in [0.25, 0.3) is 0 Å². The topological polar surface area (TPSA) is 63.7 Å². The normalized spacial score (nSPS) is 14.8. The zero-order valence-electron chi connectivity index (χ0n) is 14.0. The van der Waals surface area contributed by atoms with Crippen molar-refractivity contribution in [3.05, 3.63) is 41.5 Å². The molecule has 1 aromatic carbocycles. The van der Waals surface area contributed by atoms with Crippen LogP contribution < -0.4 is 4.90 Å². The maximum atomic E-state index is 12.5. The fourth-order valence-electron chi connectivity index (χ4n) is 2.28. The maximum Gasteiger partial charge on any atom is 0.326 e. The van der Waals surface area contributed by atoms with E-state index in [-0.39, 0.29) is 16.7 Å². The number of nitrogens with zero attached hydrogens (tertiary/aromatic N) is 1. The molecule has 1 aromatic rings. The Hall–Kier alpha value is -2.21. The fraction of sp³-hybridized carbons (Fsp3) is 0.353. The summed E-state index contributed by atoms with van der Waals surface area (Å²) in [5, 5.41) is 0. The average Bonchev–Trinajstić information content (AvgIpc) is 2.75. The second-order valence-electron chi connectivity index (χ2n) is 6.78. The van der Waals surface area contributed by atoms with Crippen molar-refractivity contribution in [2.24, 2.45) is 0 Å². The highest BCUT2D eigenvalue weighted by molar-refractivity contribution is 6.51. The molecule has 1 aliphatic heterocycles. The first-order valence-corrected chi connectivity index (χ1v) is 10.3. The molecule has 122 valence electrons. The Morgan fingerprint density at radius 3 is 2.13 bits per heavy atom. The van der Waals surface area contributed by atoms with Gasteiger partial charge in [0.15, 0.2) is 0 Å². The van der Waals surface area contributed by atoms with Crippen LogP contribution >= 0.6 is 0 Å². The average molecular weight is 331 g/mol. The third-order valence-electron chi connectivity index (χ3n) is 3.48. The van der Waals surface area contributed by atoms with Crippen LogP contribution in [0.2, 0.25) is 13.1 Å². The largest absolute Gasteiger partial charge is 0.519 e. The van der Waals surface area contributed by atoms with Crippen LogP contribution in [-0.2, 0) is 19.4 Å². The first-order chi connectivity index (χ1) is 10.6. The van der Waals surface area contributed by atoms with Crippen LogP contribution in [0.3, 0.4) is 0 Å². The third-order valence-corrected chi connectivity index (χ3v) is 4.16. The molecule has 5 nitrogen and oxygen atoms in total. The summed E-state index contributed by atoms with van der Waals surface area (Å²) in [7, 11) is -1.59. The van der Waals surface area contributed by atoms with Gasteiger partial charge in [0.1, 0.15) is 0 Å². The van der Waals surface area contributed by atoms with Gasteiger partial charge in [-0.25, -0.2) is 9.69 Å². The summed E-state index contributed by atoms with van der Waals surface area (Å²) in [6, 6.07) is 5.19. The summed E-state index contributed by atoms with van der Waals surface area (Å²) < 4.78 is 5.40. The van der Waals surface area contributed by atoms with Crippen molar-refractivity contribution in [2.75, 3.05) is 4.90 Å². The van der Waals surface area contributed by atoms with Gasteiger partial charge in [-0.3, -0.25) is 9.59 Å². The minimum absolute atomic E-state index is 0.167. The van der Waals surface area contributed by atoms with Gasteiger partial charge in [0.2, 0.25) is 9.04 Å². The molecule has 1 heterocycles. The highest BCUT2D eigenvalue weighted by Gasteiger charge is 2.30. The van der Waals surface area contributed by atoms with E-state index in [9.17, 15) is 14.4 Å². The van der Waals surface area contributed by atoms with E-state index < -0.39 is 26.8 Å². The molecule has 0 saturated heterocycles. The fourth-order valence-corrected chi connectivity index (χ4v) is 2.83. The van der Waals surface area contributed by atoms with E-state index in [1.54, 1.807) is 12.1 Å². The molecule has 0 saturated carbocycles. The smallest absolute Gasteiger partial charge is 0.326 e. The number of hydrogen-bond donors (Lipinski definition) is 0. The molecular weight excluding hydrogens is 310 g/mol. The van der Waals surface area contributed by atoms with Gasteiger partial charge in [0.05, 0.1) is 11.3 Å². The molecule has 0 aromatic heterocycles. The Labute approximate surface area is 137 Å². The van der Waals surface area contributed by atoms with Gasteiger partial charge in [-0.1, -0.05) is 26.8 Å². The summed E-state index contributed by atoms with van der Waals surface area (Å²) >= 11 is 0. The molecule has 0 aliphatic carbocycles.